The summed E-state index contributed by atoms with van der Waals surface area (Å²) >= 11 is 0. The molecule has 0 aliphatic rings. The Labute approximate surface area is 149 Å². The Hall–Kier alpha value is -1.68. The lowest BCUT2D eigenvalue weighted by Gasteiger charge is -2.22. The third kappa shape index (κ3) is 6.28. The number of hydrogen-bond donors (Lipinski definition) is 3. The summed E-state index contributed by atoms with van der Waals surface area (Å²) in [5, 5.41) is 22.4. The molecule has 1 aromatic rings. The van der Waals surface area contributed by atoms with Crippen molar-refractivity contribution in [2.75, 3.05) is 13.1 Å². The first-order chi connectivity index (χ1) is 11.6. The number of rotatable bonds is 9. The molecule has 0 spiro atoms. The number of aryl methyl sites for hydroxylation is 2. The van der Waals surface area contributed by atoms with Crippen molar-refractivity contribution in [2.45, 2.75) is 33.1 Å². The Bertz CT molecular complexity index is 721. The molecule has 0 fully saturated rings. The smallest absolute Gasteiger partial charge is 0.426 e. The predicted octanol–water partition coefficient (Wildman–Crippen LogP) is 0.138. The summed E-state index contributed by atoms with van der Waals surface area (Å²) in [4.78, 5) is 12.1. The summed E-state index contributed by atoms with van der Waals surface area (Å²) in [5.41, 5.74) is 2.93. The van der Waals surface area contributed by atoms with Crippen LogP contribution in [0.25, 0.3) is 0 Å². The molecule has 0 saturated heterocycles. The van der Waals surface area contributed by atoms with Crippen LogP contribution >= 0.6 is 0 Å². The zero-order valence-electron chi connectivity index (χ0n) is 14.8. The SMILES string of the molecule is C=CS(=O)(=O)N(CC)CC(=O)N[C@@H](Cc1ccc(C)cc1C)B(O)O. The molecule has 0 aliphatic heterocycles. The number of likely N-dealkylation sites (N-methyl/N-ethyl adjacent to an activating group) is 1. The first-order valence-corrected chi connectivity index (χ1v) is 9.45. The highest BCUT2D eigenvalue weighted by molar-refractivity contribution is 7.92. The second-order valence-corrected chi connectivity index (χ2v) is 7.74. The van der Waals surface area contributed by atoms with Crippen LogP contribution in [0.2, 0.25) is 0 Å². The van der Waals surface area contributed by atoms with Crippen molar-refractivity contribution >= 4 is 23.0 Å². The van der Waals surface area contributed by atoms with Crippen LogP contribution in [-0.2, 0) is 21.2 Å². The summed E-state index contributed by atoms with van der Waals surface area (Å²) in [6.45, 7) is 8.37. The van der Waals surface area contributed by atoms with Crippen molar-refractivity contribution in [1.29, 1.82) is 0 Å². The molecule has 1 rings (SSSR count). The van der Waals surface area contributed by atoms with Crippen LogP contribution in [0.4, 0.5) is 0 Å². The van der Waals surface area contributed by atoms with Crippen LogP contribution in [0.1, 0.15) is 23.6 Å². The van der Waals surface area contributed by atoms with Gasteiger partial charge in [0.2, 0.25) is 15.9 Å². The molecule has 0 radical (unpaired) electrons. The third-order valence-electron chi connectivity index (χ3n) is 3.89. The minimum absolute atomic E-state index is 0.102. The molecule has 138 valence electrons. The quantitative estimate of drug-likeness (QED) is 0.538. The molecule has 7 nitrogen and oxygen atoms in total. The van der Waals surface area contributed by atoms with Crippen molar-refractivity contribution < 1.29 is 23.3 Å². The van der Waals surface area contributed by atoms with Gasteiger partial charge in [0.05, 0.1) is 12.5 Å². The molecule has 1 atom stereocenters. The molecule has 25 heavy (non-hydrogen) atoms. The van der Waals surface area contributed by atoms with Crippen LogP contribution in [-0.4, -0.2) is 54.8 Å². The lowest BCUT2D eigenvalue weighted by molar-refractivity contribution is -0.121. The maximum Gasteiger partial charge on any atom is 0.475 e. The van der Waals surface area contributed by atoms with Crippen LogP contribution < -0.4 is 5.32 Å². The van der Waals surface area contributed by atoms with E-state index in [2.05, 4.69) is 11.9 Å². The van der Waals surface area contributed by atoms with E-state index in [1.54, 1.807) is 6.92 Å². The molecular formula is C16H25BN2O5S. The predicted molar refractivity (Wildman–Crippen MR) is 98.1 cm³/mol. The highest BCUT2D eigenvalue weighted by Crippen LogP contribution is 2.13. The number of sulfonamides is 1. The van der Waals surface area contributed by atoms with E-state index in [1.165, 1.54) is 0 Å². The Morgan fingerprint density at radius 1 is 1.40 bits per heavy atom. The fourth-order valence-electron chi connectivity index (χ4n) is 2.44. The lowest BCUT2D eigenvalue weighted by Crippen LogP contribution is -2.51. The van der Waals surface area contributed by atoms with Crippen molar-refractivity contribution in [1.82, 2.24) is 9.62 Å². The van der Waals surface area contributed by atoms with Crippen molar-refractivity contribution in [3.05, 3.63) is 46.9 Å². The van der Waals surface area contributed by atoms with E-state index in [-0.39, 0.29) is 13.0 Å². The zero-order chi connectivity index (χ0) is 19.2. The van der Waals surface area contributed by atoms with E-state index in [4.69, 9.17) is 0 Å². The maximum atomic E-state index is 12.1. The zero-order valence-corrected chi connectivity index (χ0v) is 15.6. The topological polar surface area (TPSA) is 107 Å². The van der Waals surface area contributed by atoms with E-state index in [0.29, 0.717) is 0 Å². The monoisotopic (exact) mass is 368 g/mol. The average Bonchev–Trinajstić information content (AvgIpc) is 2.53. The number of amides is 1. The summed E-state index contributed by atoms with van der Waals surface area (Å²) in [7, 11) is -5.49. The van der Waals surface area contributed by atoms with Crippen molar-refractivity contribution in [2.24, 2.45) is 0 Å². The molecule has 9 heteroatoms. The first kappa shape index (κ1) is 21.4. The Morgan fingerprint density at radius 3 is 2.52 bits per heavy atom. The average molecular weight is 368 g/mol. The van der Waals surface area contributed by atoms with Gasteiger partial charge in [-0.25, -0.2) is 8.42 Å². The van der Waals surface area contributed by atoms with E-state index in [0.717, 1.165) is 26.4 Å². The molecule has 0 saturated carbocycles. The molecule has 0 unspecified atom stereocenters. The molecule has 0 bridgehead atoms. The summed E-state index contributed by atoms with van der Waals surface area (Å²) in [5.74, 6) is -1.56. The van der Waals surface area contributed by atoms with Gasteiger partial charge in [-0.15, -0.1) is 0 Å². The molecule has 1 amide bonds. The van der Waals surface area contributed by atoms with Gasteiger partial charge < -0.3 is 15.4 Å². The molecule has 0 heterocycles. The second kappa shape index (κ2) is 9.14. The highest BCUT2D eigenvalue weighted by atomic mass is 32.2. The lowest BCUT2D eigenvalue weighted by atomic mass is 9.75. The van der Waals surface area contributed by atoms with Crippen molar-refractivity contribution in [3.8, 4) is 0 Å². The Kier molecular flexibility index (Phi) is 7.81. The van der Waals surface area contributed by atoms with Crippen LogP contribution in [0.5, 0.6) is 0 Å². The maximum absolute atomic E-state index is 12.1. The van der Waals surface area contributed by atoms with Crippen LogP contribution in [0, 0.1) is 13.8 Å². The molecule has 0 aromatic heterocycles. The summed E-state index contributed by atoms with van der Waals surface area (Å²) in [6.07, 6.45) is 0.218. The third-order valence-corrected chi connectivity index (χ3v) is 5.42. The van der Waals surface area contributed by atoms with Gasteiger partial charge in [-0.1, -0.05) is 37.3 Å². The number of hydrogen-bond acceptors (Lipinski definition) is 5. The molecule has 1 aromatic carbocycles. The van der Waals surface area contributed by atoms with Gasteiger partial charge in [0.1, 0.15) is 0 Å². The Morgan fingerprint density at radius 2 is 2.04 bits per heavy atom. The summed E-state index contributed by atoms with van der Waals surface area (Å²) < 4.78 is 24.5. The highest BCUT2D eigenvalue weighted by Gasteiger charge is 2.28. The molecule has 0 aliphatic carbocycles. The van der Waals surface area contributed by atoms with E-state index in [1.807, 2.05) is 32.0 Å². The number of nitrogens with one attached hydrogen (secondary N) is 1. The fourth-order valence-corrected chi connectivity index (χ4v) is 3.31. The standard InChI is InChI=1S/C16H25BN2O5S/c1-5-19(25(23,24)6-2)11-16(20)18-15(17(21)22)10-14-8-7-12(3)9-13(14)4/h6-9,15,21-22H,2,5,10-11H2,1,3-4H3,(H,18,20)/t15-/m0/s1. The number of nitrogens with zero attached hydrogens (tertiary/aromatic N) is 1. The van der Waals surface area contributed by atoms with Crippen molar-refractivity contribution in [3.63, 3.8) is 0 Å². The van der Waals surface area contributed by atoms with Gasteiger partial charge >= 0.3 is 7.12 Å². The van der Waals surface area contributed by atoms with Gasteiger partial charge in [-0.2, -0.15) is 4.31 Å². The van der Waals surface area contributed by atoms with E-state index >= 15 is 0 Å². The van der Waals surface area contributed by atoms with Crippen LogP contribution in [0.15, 0.2) is 30.2 Å². The van der Waals surface area contributed by atoms with E-state index in [9.17, 15) is 23.3 Å². The Balaban J connectivity index is 2.84. The minimum atomic E-state index is -3.72. The summed E-state index contributed by atoms with van der Waals surface area (Å²) in [6, 6.07) is 5.74. The molecular weight excluding hydrogens is 343 g/mol. The van der Waals surface area contributed by atoms with Crippen LogP contribution in [0.3, 0.4) is 0 Å². The van der Waals surface area contributed by atoms with E-state index < -0.39 is 35.5 Å². The van der Waals surface area contributed by atoms with Gasteiger partial charge in [-0.3, -0.25) is 4.79 Å². The second-order valence-electron chi connectivity index (χ2n) is 5.86. The molecule has 3 N–H and O–H groups in total. The number of carbonyl (C=O) groups excluding carboxylic acids is 1. The first-order valence-electron chi connectivity index (χ1n) is 7.95. The fraction of sp³-hybridized carbons (Fsp3) is 0.438. The largest absolute Gasteiger partial charge is 0.475 e. The normalized spacial score (nSPS) is 12.7. The minimum Gasteiger partial charge on any atom is -0.426 e. The van der Waals surface area contributed by atoms with Gasteiger partial charge in [-0.05, 0) is 31.4 Å². The van der Waals surface area contributed by atoms with Gasteiger partial charge in [0, 0.05) is 12.0 Å². The number of carbonyl (C=O) groups is 1. The number of benzene rings is 1. The van der Waals surface area contributed by atoms with Gasteiger partial charge in [0.15, 0.2) is 0 Å². The van der Waals surface area contributed by atoms with Gasteiger partial charge in [0.25, 0.3) is 0 Å².